The summed E-state index contributed by atoms with van der Waals surface area (Å²) in [7, 11) is 0. The predicted molar refractivity (Wildman–Crippen MR) is 73.7 cm³/mol. The van der Waals surface area contributed by atoms with E-state index in [0.717, 1.165) is 9.35 Å². The van der Waals surface area contributed by atoms with Crippen LogP contribution in [0.4, 0.5) is 0 Å². The lowest BCUT2D eigenvalue weighted by atomic mass is 9.91. The van der Waals surface area contributed by atoms with E-state index in [2.05, 4.69) is 21.2 Å². The Hall–Kier alpha value is -0.920. The number of thiophene rings is 1. The van der Waals surface area contributed by atoms with Gasteiger partial charge in [0.2, 0.25) is 5.91 Å². The van der Waals surface area contributed by atoms with Crippen LogP contribution < -0.4 is 11.1 Å². The summed E-state index contributed by atoms with van der Waals surface area (Å²) in [6.07, 6.45) is 0. The third-order valence-electron chi connectivity index (χ3n) is 2.49. The molecule has 0 aromatic carbocycles. The first-order valence-corrected chi connectivity index (χ1v) is 6.92. The van der Waals surface area contributed by atoms with E-state index in [0.29, 0.717) is 6.54 Å². The van der Waals surface area contributed by atoms with Crippen LogP contribution in [0.1, 0.15) is 18.7 Å². The van der Waals surface area contributed by atoms with Gasteiger partial charge in [-0.05, 0) is 22.0 Å². The average molecular weight is 335 g/mol. The quantitative estimate of drug-likeness (QED) is 0.708. The molecule has 1 unspecified atom stereocenters. The molecule has 18 heavy (non-hydrogen) atoms. The number of amides is 1. The summed E-state index contributed by atoms with van der Waals surface area (Å²) < 4.78 is 0.990. The van der Waals surface area contributed by atoms with Crippen molar-refractivity contribution in [1.82, 2.24) is 5.32 Å². The smallest absolute Gasteiger partial charge is 0.330 e. The number of hydrogen-bond donors (Lipinski definition) is 3. The van der Waals surface area contributed by atoms with Gasteiger partial charge in [0.15, 0.2) is 6.04 Å². The fourth-order valence-corrected chi connectivity index (χ4v) is 2.84. The summed E-state index contributed by atoms with van der Waals surface area (Å²) in [5.41, 5.74) is 4.94. The number of hydrogen-bond acceptors (Lipinski definition) is 4. The van der Waals surface area contributed by atoms with E-state index in [9.17, 15) is 9.59 Å². The fraction of sp³-hybridized carbons (Fsp3) is 0.455. The lowest BCUT2D eigenvalue weighted by molar-refractivity contribution is -0.142. The lowest BCUT2D eigenvalue weighted by Gasteiger charge is -2.24. The summed E-state index contributed by atoms with van der Waals surface area (Å²) in [5.74, 6) is -2.00. The molecule has 1 aromatic rings. The number of carboxylic acids is 1. The van der Waals surface area contributed by atoms with E-state index in [1.165, 1.54) is 0 Å². The van der Waals surface area contributed by atoms with Gasteiger partial charge in [0.05, 0.1) is 0 Å². The third-order valence-corrected chi connectivity index (χ3v) is 4.54. The van der Waals surface area contributed by atoms with Crippen molar-refractivity contribution in [2.45, 2.75) is 25.3 Å². The van der Waals surface area contributed by atoms with E-state index in [1.807, 2.05) is 25.3 Å². The number of carboxylic acid groups (broad SMARTS) is 1. The molecule has 4 N–H and O–H groups in total. The van der Waals surface area contributed by atoms with Crippen molar-refractivity contribution < 1.29 is 14.7 Å². The van der Waals surface area contributed by atoms with Gasteiger partial charge in [-0.3, -0.25) is 4.79 Å². The molecule has 1 rings (SSSR count). The van der Waals surface area contributed by atoms with Crippen LogP contribution in [-0.2, 0) is 15.0 Å². The highest BCUT2D eigenvalue weighted by Gasteiger charge is 2.26. The van der Waals surface area contributed by atoms with E-state index in [-0.39, 0.29) is 5.41 Å². The monoisotopic (exact) mass is 334 g/mol. The number of halogens is 1. The van der Waals surface area contributed by atoms with Crippen molar-refractivity contribution in [2.24, 2.45) is 5.73 Å². The SMILES string of the molecule is CC(C)(CNC(=O)C(N)C(=O)O)c1cc(Br)cs1. The van der Waals surface area contributed by atoms with Gasteiger partial charge in [0, 0.05) is 26.7 Å². The molecule has 7 heteroatoms. The van der Waals surface area contributed by atoms with Gasteiger partial charge in [0.1, 0.15) is 0 Å². The van der Waals surface area contributed by atoms with Crippen molar-refractivity contribution in [3.63, 3.8) is 0 Å². The molecule has 0 saturated carbocycles. The zero-order valence-electron chi connectivity index (χ0n) is 10.1. The largest absolute Gasteiger partial charge is 0.480 e. The minimum atomic E-state index is -1.52. The highest BCUT2D eigenvalue weighted by molar-refractivity contribution is 9.10. The van der Waals surface area contributed by atoms with Crippen molar-refractivity contribution in [3.8, 4) is 0 Å². The highest BCUT2D eigenvalue weighted by Crippen LogP contribution is 2.30. The van der Waals surface area contributed by atoms with Crippen LogP contribution >= 0.6 is 27.3 Å². The zero-order valence-corrected chi connectivity index (χ0v) is 12.5. The molecule has 1 heterocycles. The summed E-state index contributed by atoms with van der Waals surface area (Å²) in [6.45, 7) is 4.27. The molecular weight excluding hydrogens is 320 g/mol. The van der Waals surface area contributed by atoms with Gasteiger partial charge < -0.3 is 16.2 Å². The van der Waals surface area contributed by atoms with Crippen molar-refractivity contribution >= 4 is 39.1 Å². The number of carbonyl (C=O) groups is 2. The Labute approximate surface area is 118 Å². The average Bonchev–Trinajstić information content (AvgIpc) is 2.72. The number of nitrogens with one attached hydrogen (secondary N) is 1. The summed E-state index contributed by atoms with van der Waals surface area (Å²) >= 11 is 4.95. The molecule has 0 bridgehead atoms. The molecule has 0 aliphatic heterocycles. The van der Waals surface area contributed by atoms with Crippen LogP contribution in [-0.4, -0.2) is 29.6 Å². The van der Waals surface area contributed by atoms with Gasteiger partial charge >= 0.3 is 5.97 Å². The Morgan fingerprint density at radius 1 is 1.61 bits per heavy atom. The molecule has 1 aromatic heterocycles. The Morgan fingerprint density at radius 3 is 2.67 bits per heavy atom. The minimum Gasteiger partial charge on any atom is -0.480 e. The third kappa shape index (κ3) is 3.79. The van der Waals surface area contributed by atoms with Gasteiger partial charge in [-0.2, -0.15) is 0 Å². The van der Waals surface area contributed by atoms with Crippen molar-refractivity contribution in [2.75, 3.05) is 6.54 Å². The van der Waals surface area contributed by atoms with Gasteiger partial charge in [0.25, 0.3) is 0 Å². The first-order chi connectivity index (χ1) is 8.24. The standard InChI is InChI=1S/C11H15BrN2O3S/c1-11(2,7-3-6(12)4-18-7)5-14-9(15)8(13)10(16)17/h3-4,8H,5,13H2,1-2H3,(H,14,15)(H,16,17). The maximum Gasteiger partial charge on any atom is 0.330 e. The molecule has 5 nitrogen and oxygen atoms in total. The summed E-state index contributed by atoms with van der Waals surface area (Å²) in [5, 5.41) is 13.1. The van der Waals surface area contributed by atoms with Gasteiger partial charge in [-0.15, -0.1) is 11.3 Å². The Kier molecular flexibility index (Phi) is 4.89. The molecule has 0 fully saturated rings. The van der Waals surface area contributed by atoms with Crippen LogP contribution in [0.15, 0.2) is 15.9 Å². The normalized spacial score (nSPS) is 13.1. The van der Waals surface area contributed by atoms with Crippen LogP contribution in [0.3, 0.4) is 0 Å². The summed E-state index contributed by atoms with van der Waals surface area (Å²) in [4.78, 5) is 23.1. The molecule has 0 spiro atoms. The second kappa shape index (κ2) is 5.81. The number of rotatable bonds is 5. The van der Waals surface area contributed by atoms with Gasteiger partial charge in [-0.25, -0.2) is 4.79 Å². The maximum atomic E-state index is 11.4. The summed E-state index contributed by atoms with van der Waals surface area (Å²) in [6, 6.07) is 0.462. The molecular formula is C11H15BrN2O3S. The Balaban J connectivity index is 2.62. The molecule has 1 atom stereocenters. The maximum absolute atomic E-state index is 11.4. The van der Waals surface area contributed by atoms with Crippen molar-refractivity contribution in [3.05, 3.63) is 20.8 Å². The van der Waals surface area contributed by atoms with Crippen LogP contribution in [0, 0.1) is 0 Å². The lowest BCUT2D eigenvalue weighted by Crippen LogP contribution is -2.48. The van der Waals surface area contributed by atoms with Gasteiger partial charge in [-0.1, -0.05) is 13.8 Å². The first-order valence-electron chi connectivity index (χ1n) is 5.24. The Bertz CT molecular complexity index is 459. The molecule has 0 aliphatic carbocycles. The highest BCUT2D eigenvalue weighted by atomic mass is 79.9. The topological polar surface area (TPSA) is 92.4 Å². The van der Waals surface area contributed by atoms with Crippen LogP contribution in [0.25, 0.3) is 0 Å². The van der Waals surface area contributed by atoms with E-state index in [4.69, 9.17) is 10.8 Å². The Morgan fingerprint density at radius 2 is 2.22 bits per heavy atom. The van der Waals surface area contributed by atoms with E-state index < -0.39 is 17.9 Å². The predicted octanol–water partition coefficient (Wildman–Crippen LogP) is 1.32. The molecule has 100 valence electrons. The molecule has 0 radical (unpaired) electrons. The second-order valence-electron chi connectivity index (χ2n) is 4.55. The minimum absolute atomic E-state index is 0.273. The van der Waals surface area contributed by atoms with Crippen LogP contribution in [0.2, 0.25) is 0 Å². The molecule has 0 aliphatic rings. The molecule has 1 amide bonds. The fourth-order valence-electron chi connectivity index (χ4n) is 1.29. The number of aliphatic carboxylic acids is 1. The number of nitrogens with two attached hydrogens (primary N) is 1. The molecule has 0 saturated heterocycles. The van der Waals surface area contributed by atoms with E-state index in [1.54, 1.807) is 11.3 Å². The number of carbonyl (C=O) groups excluding carboxylic acids is 1. The van der Waals surface area contributed by atoms with Crippen molar-refractivity contribution in [1.29, 1.82) is 0 Å². The second-order valence-corrected chi connectivity index (χ2v) is 6.37. The first kappa shape index (κ1) is 15.1. The zero-order chi connectivity index (χ0) is 13.9. The van der Waals surface area contributed by atoms with Crippen LogP contribution in [0.5, 0.6) is 0 Å². The van der Waals surface area contributed by atoms with E-state index >= 15 is 0 Å².